The molecular formula is C19H18BrF3N2O3. The Hall–Kier alpha value is -2.26. The van der Waals surface area contributed by atoms with E-state index in [2.05, 4.69) is 21.2 Å². The van der Waals surface area contributed by atoms with Gasteiger partial charge in [-0.3, -0.25) is 0 Å². The molecule has 0 spiro atoms. The Balaban J connectivity index is 1.86. The second-order valence-corrected chi connectivity index (χ2v) is 7.42. The number of anilines is 1. The Morgan fingerprint density at radius 2 is 2.07 bits per heavy atom. The molecule has 5 nitrogen and oxygen atoms in total. The quantitative estimate of drug-likeness (QED) is 0.702. The Kier molecular flexibility index (Phi) is 5.85. The molecule has 0 bridgehead atoms. The molecule has 1 aliphatic heterocycles. The first kappa shape index (κ1) is 20.5. The van der Waals surface area contributed by atoms with Crippen molar-refractivity contribution in [3.8, 4) is 5.75 Å². The molecule has 0 saturated heterocycles. The third-order valence-electron chi connectivity index (χ3n) is 4.60. The van der Waals surface area contributed by atoms with Gasteiger partial charge in [0.2, 0.25) is 0 Å². The van der Waals surface area contributed by atoms with Gasteiger partial charge in [-0.2, -0.15) is 13.2 Å². The number of hydrogen-bond acceptors (Lipinski definition) is 3. The van der Waals surface area contributed by atoms with Crippen LogP contribution >= 0.6 is 15.9 Å². The van der Waals surface area contributed by atoms with E-state index in [9.17, 15) is 23.1 Å². The first-order chi connectivity index (χ1) is 13.2. The number of aliphatic hydroxyl groups is 1. The maximum absolute atomic E-state index is 12.9. The summed E-state index contributed by atoms with van der Waals surface area (Å²) in [6.45, 7) is 0.00871. The second kappa shape index (κ2) is 8.00. The van der Waals surface area contributed by atoms with Crippen LogP contribution in [0, 0.1) is 5.92 Å². The van der Waals surface area contributed by atoms with Gasteiger partial charge >= 0.3 is 12.2 Å². The van der Waals surface area contributed by atoms with Crippen molar-refractivity contribution in [3.63, 3.8) is 0 Å². The third kappa shape index (κ3) is 4.25. The van der Waals surface area contributed by atoms with Gasteiger partial charge in [0.25, 0.3) is 0 Å². The minimum atomic E-state index is -4.50. The van der Waals surface area contributed by atoms with Crippen molar-refractivity contribution in [2.45, 2.75) is 12.2 Å². The van der Waals surface area contributed by atoms with Gasteiger partial charge in [-0.15, -0.1) is 0 Å². The summed E-state index contributed by atoms with van der Waals surface area (Å²) in [6, 6.07) is 8.71. The number of urea groups is 1. The van der Waals surface area contributed by atoms with Crippen LogP contribution in [0.15, 0.2) is 46.9 Å². The van der Waals surface area contributed by atoms with Crippen LogP contribution in [-0.4, -0.2) is 36.3 Å². The highest BCUT2D eigenvalue weighted by atomic mass is 79.9. The molecule has 0 aromatic heterocycles. The lowest BCUT2D eigenvalue weighted by molar-refractivity contribution is -0.137. The second-order valence-electron chi connectivity index (χ2n) is 6.50. The minimum absolute atomic E-state index is 0.0359. The fourth-order valence-electron chi connectivity index (χ4n) is 3.21. The van der Waals surface area contributed by atoms with Gasteiger partial charge in [0.05, 0.1) is 24.8 Å². The third-order valence-corrected chi connectivity index (χ3v) is 5.10. The van der Waals surface area contributed by atoms with Crippen molar-refractivity contribution in [1.82, 2.24) is 4.90 Å². The lowest BCUT2D eigenvalue weighted by Crippen LogP contribution is -2.43. The van der Waals surface area contributed by atoms with Crippen LogP contribution in [-0.2, 0) is 6.18 Å². The molecule has 2 amide bonds. The van der Waals surface area contributed by atoms with Gasteiger partial charge < -0.3 is 20.1 Å². The Bertz CT molecular complexity index is 876. The van der Waals surface area contributed by atoms with E-state index in [1.54, 1.807) is 18.2 Å². The lowest BCUT2D eigenvalue weighted by Gasteiger charge is -2.38. The maximum Gasteiger partial charge on any atom is 0.416 e. The van der Waals surface area contributed by atoms with E-state index >= 15 is 0 Å². The zero-order valence-corrected chi connectivity index (χ0v) is 16.4. The van der Waals surface area contributed by atoms with E-state index in [0.29, 0.717) is 11.3 Å². The number of nitrogens with one attached hydrogen (secondary N) is 1. The number of carbonyl (C=O) groups is 1. The number of ether oxygens (including phenoxy) is 1. The van der Waals surface area contributed by atoms with E-state index < -0.39 is 23.8 Å². The zero-order valence-electron chi connectivity index (χ0n) is 14.8. The number of halogens is 4. The highest BCUT2D eigenvalue weighted by molar-refractivity contribution is 9.10. The van der Waals surface area contributed by atoms with Crippen molar-refractivity contribution in [2.24, 2.45) is 5.92 Å². The number of benzene rings is 2. The van der Waals surface area contributed by atoms with E-state index in [0.717, 1.165) is 16.6 Å². The summed E-state index contributed by atoms with van der Waals surface area (Å²) in [5, 5.41) is 12.2. The highest BCUT2D eigenvalue weighted by Gasteiger charge is 2.36. The van der Waals surface area contributed by atoms with E-state index in [1.807, 2.05) is 0 Å². The summed E-state index contributed by atoms with van der Waals surface area (Å²) in [5.41, 5.74) is -0.100. The molecule has 150 valence electrons. The lowest BCUT2D eigenvalue weighted by atomic mass is 9.90. The topological polar surface area (TPSA) is 61.8 Å². The molecule has 2 aromatic rings. The maximum atomic E-state index is 12.9. The van der Waals surface area contributed by atoms with Crippen LogP contribution < -0.4 is 10.1 Å². The number of amides is 2. The number of hydrogen-bond donors (Lipinski definition) is 2. The average molecular weight is 459 g/mol. The Morgan fingerprint density at radius 3 is 2.75 bits per heavy atom. The summed E-state index contributed by atoms with van der Waals surface area (Å²) in [7, 11) is 1.53. The van der Waals surface area contributed by atoms with Crippen LogP contribution in [0.2, 0.25) is 0 Å². The molecular weight excluding hydrogens is 441 g/mol. The summed E-state index contributed by atoms with van der Waals surface area (Å²) in [4.78, 5) is 14.1. The molecule has 9 heteroatoms. The monoisotopic (exact) mass is 458 g/mol. The number of rotatable bonds is 3. The number of nitrogens with zero attached hydrogens (tertiary/aromatic N) is 1. The van der Waals surface area contributed by atoms with Crippen molar-refractivity contribution in [1.29, 1.82) is 0 Å². The molecule has 2 N–H and O–H groups in total. The fourth-order valence-corrected chi connectivity index (χ4v) is 3.59. The summed E-state index contributed by atoms with van der Waals surface area (Å²) >= 11 is 3.38. The van der Waals surface area contributed by atoms with Crippen molar-refractivity contribution in [2.75, 3.05) is 25.6 Å². The predicted molar refractivity (Wildman–Crippen MR) is 101 cm³/mol. The number of carbonyl (C=O) groups excluding carboxylic acids is 1. The van der Waals surface area contributed by atoms with Crippen molar-refractivity contribution < 1.29 is 27.8 Å². The van der Waals surface area contributed by atoms with Crippen LogP contribution in [0.1, 0.15) is 17.2 Å². The molecule has 0 unspecified atom stereocenters. The van der Waals surface area contributed by atoms with Gasteiger partial charge in [-0.1, -0.05) is 22.0 Å². The standard InChI is InChI=1S/C19H18BrF3N2O3/c1-25(18(27)24-14-4-2-3-12(7-14)19(21,22)23)17-11(9-26)10-28-16-6-5-13(20)8-15(16)17/h2-8,11,17,26H,9-10H2,1H3,(H,24,27)/t11-,17+/m1/s1. The summed E-state index contributed by atoms with van der Waals surface area (Å²) in [6.07, 6.45) is -4.50. The van der Waals surface area contributed by atoms with Gasteiger partial charge in [0.1, 0.15) is 5.75 Å². The van der Waals surface area contributed by atoms with Crippen molar-refractivity contribution in [3.05, 3.63) is 58.1 Å². The largest absolute Gasteiger partial charge is 0.493 e. The molecule has 0 radical (unpaired) electrons. The summed E-state index contributed by atoms with van der Waals surface area (Å²) in [5.74, 6) is 0.218. The van der Waals surface area contributed by atoms with Crippen LogP contribution in [0.25, 0.3) is 0 Å². The molecule has 1 aliphatic rings. The smallest absolute Gasteiger partial charge is 0.416 e. The molecule has 3 rings (SSSR count). The fraction of sp³-hybridized carbons (Fsp3) is 0.316. The van der Waals surface area contributed by atoms with Gasteiger partial charge in [-0.05, 0) is 36.4 Å². The predicted octanol–water partition coefficient (Wildman–Crippen LogP) is 4.67. The molecule has 0 fully saturated rings. The molecule has 2 aromatic carbocycles. The molecule has 0 saturated carbocycles. The van der Waals surface area contributed by atoms with Crippen LogP contribution in [0.3, 0.4) is 0 Å². The zero-order chi connectivity index (χ0) is 20.5. The van der Waals surface area contributed by atoms with E-state index in [-0.39, 0.29) is 24.8 Å². The van der Waals surface area contributed by atoms with Gasteiger partial charge in [-0.25, -0.2) is 4.79 Å². The number of fused-ring (bicyclic) bond motifs is 1. The molecule has 1 heterocycles. The first-order valence-corrected chi connectivity index (χ1v) is 9.24. The minimum Gasteiger partial charge on any atom is -0.493 e. The SMILES string of the molecule is CN(C(=O)Nc1cccc(C(F)(F)F)c1)[C@@H]1c2cc(Br)ccc2OC[C@H]1CO. The highest BCUT2D eigenvalue weighted by Crippen LogP contribution is 2.40. The normalized spacial score (nSPS) is 18.8. The molecule has 28 heavy (non-hydrogen) atoms. The van der Waals surface area contributed by atoms with Crippen molar-refractivity contribution >= 4 is 27.6 Å². The number of alkyl halides is 3. The average Bonchev–Trinajstić information content (AvgIpc) is 2.65. The Labute approximate surface area is 168 Å². The van der Waals surface area contributed by atoms with Gasteiger partial charge in [0, 0.05) is 28.7 Å². The molecule has 2 atom stereocenters. The summed E-state index contributed by atoms with van der Waals surface area (Å²) < 4.78 is 45.1. The van der Waals surface area contributed by atoms with E-state index in [4.69, 9.17) is 4.74 Å². The number of aliphatic hydroxyl groups excluding tert-OH is 1. The van der Waals surface area contributed by atoms with Crippen LogP contribution in [0.4, 0.5) is 23.7 Å². The van der Waals surface area contributed by atoms with Gasteiger partial charge in [0.15, 0.2) is 0 Å². The van der Waals surface area contributed by atoms with Crippen LogP contribution in [0.5, 0.6) is 5.75 Å². The van der Waals surface area contributed by atoms with E-state index in [1.165, 1.54) is 24.1 Å². The molecule has 0 aliphatic carbocycles. The Morgan fingerprint density at radius 1 is 1.32 bits per heavy atom. The first-order valence-electron chi connectivity index (χ1n) is 8.45.